The fourth-order valence-electron chi connectivity index (χ4n) is 7.08. The van der Waals surface area contributed by atoms with Crippen LogP contribution in [0.25, 0.3) is 0 Å². The lowest BCUT2D eigenvalue weighted by molar-refractivity contribution is -0.134. The van der Waals surface area contributed by atoms with Gasteiger partial charge >= 0.3 is 0 Å². The van der Waals surface area contributed by atoms with E-state index in [1.54, 1.807) is 7.11 Å². The molecule has 1 N–H and O–H groups in total. The smallest absolute Gasteiger partial charge is 0.246 e. The van der Waals surface area contributed by atoms with E-state index >= 15 is 0 Å². The second-order valence-corrected chi connectivity index (χ2v) is 11.1. The zero-order valence-electron chi connectivity index (χ0n) is 19.2. The summed E-state index contributed by atoms with van der Waals surface area (Å²) in [7, 11) is 1.66. The summed E-state index contributed by atoms with van der Waals surface area (Å²) in [4.78, 5) is 0. The third-order valence-corrected chi connectivity index (χ3v) is 8.23. The molecule has 1 aromatic rings. The van der Waals surface area contributed by atoms with E-state index in [0.29, 0.717) is 34.5 Å². The first kappa shape index (κ1) is 20.8. The van der Waals surface area contributed by atoms with Gasteiger partial charge in [-0.1, -0.05) is 40.5 Å². The summed E-state index contributed by atoms with van der Waals surface area (Å²) in [6.45, 7) is 13.4. The first-order chi connectivity index (χ1) is 13.5. The molecule has 2 fully saturated rings. The Morgan fingerprint density at radius 1 is 1.03 bits per heavy atom. The molecule has 29 heavy (non-hydrogen) atoms. The summed E-state index contributed by atoms with van der Waals surface area (Å²) in [6, 6.07) is 3.82. The number of methoxy groups -OCH3 is 1. The van der Waals surface area contributed by atoms with Crippen LogP contribution in [-0.2, 0) is 0 Å². The molecule has 0 radical (unpaired) electrons. The highest BCUT2D eigenvalue weighted by molar-refractivity contribution is 5.53. The highest BCUT2D eigenvalue weighted by Crippen LogP contribution is 2.64. The average Bonchev–Trinajstić information content (AvgIpc) is 2.91. The number of fused-ring (bicyclic) bond motifs is 2. The molecule has 4 heteroatoms. The van der Waals surface area contributed by atoms with E-state index in [1.807, 2.05) is 26.0 Å². The van der Waals surface area contributed by atoms with Gasteiger partial charge in [-0.2, -0.15) is 0 Å². The van der Waals surface area contributed by atoms with Crippen molar-refractivity contribution in [3.05, 3.63) is 17.7 Å². The van der Waals surface area contributed by atoms with Gasteiger partial charge in [0.1, 0.15) is 5.75 Å². The summed E-state index contributed by atoms with van der Waals surface area (Å²) in [5.41, 5.74) is 1.28. The van der Waals surface area contributed by atoms with Crippen LogP contribution >= 0.6 is 0 Å². The number of benzene rings is 1. The number of hydrogen-bond donors (Lipinski definition) is 1. The van der Waals surface area contributed by atoms with E-state index in [1.165, 1.54) is 32.1 Å². The van der Waals surface area contributed by atoms with Gasteiger partial charge in [0.15, 0.2) is 11.5 Å². The van der Waals surface area contributed by atoms with Crippen LogP contribution in [0, 0.1) is 28.6 Å². The molecule has 2 saturated carbocycles. The standard InChI is InChI=1S/C25H38O4/c1-15-9-10-20-23(2,3)11-8-12-25(20,6)21(15)22(26)16-13-18-19(14-17(16)27-7)29-24(4,5)28-18/h13-15,20-22,26H,8-12H2,1-7H3/t15?,20-,21?,22?,25?/m0/s1. The van der Waals surface area contributed by atoms with Crippen molar-refractivity contribution in [2.24, 2.45) is 28.6 Å². The number of aliphatic hydroxyl groups excluding tert-OH is 1. The molecule has 1 heterocycles. The molecule has 4 rings (SSSR count). The molecule has 0 aromatic heterocycles. The van der Waals surface area contributed by atoms with Gasteiger partial charge in [-0.05, 0) is 53.9 Å². The van der Waals surface area contributed by atoms with Crippen molar-refractivity contribution in [3.8, 4) is 17.2 Å². The molecule has 2 aliphatic carbocycles. The van der Waals surface area contributed by atoms with Crippen LogP contribution in [0.4, 0.5) is 0 Å². The maximum Gasteiger partial charge on any atom is 0.246 e. The van der Waals surface area contributed by atoms with Crippen LogP contribution in [-0.4, -0.2) is 18.0 Å². The molecule has 0 saturated heterocycles. The Morgan fingerprint density at radius 3 is 2.34 bits per heavy atom. The van der Waals surface area contributed by atoms with Gasteiger partial charge < -0.3 is 19.3 Å². The van der Waals surface area contributed by atoms with E-state index in [-0.39, 0.29) is 11.3 Å². The Balaban J connectivity index is 1.74. The predicted octanol–water partition coefficient (Wildman–Crippen LogP) is 6.11. The molecule has 5 atom stereocenters. The van der Waals surface area contributed by atoms with Gasteiger partial charge in [0, 0.05) is 25.5 Å². The maximum atomic E-state index is 11.8. The summed E-state index contributed by atoms with van der Waals surface area (Å²) in [5, 5.41) is 11.8. The predicted molar refractivity (Wildman–Crippen MR) is 114 cm³/mol. The van der Waals surface area contributed by atoms with E-state index < -0.39 is 11.9 Å². The second-order valence-electron chi connectivity index (χ2n) is 11.1. The monoisotopic (exact) mass is 402 g/mol. The molecule has 162 valence electrons. The SMILES string of the molecule is COc1cc2c(cc1C(O)C1C(C)CC[C@H]3C(C)(C)CCCC13C)OC(C)(C)O2. The van der Waals surface area contributed by atoms with Crippen molar-refractivity contribution in [2.45, 2.75) is 85.5 Å². The number of hydrogen-bond acceptors (Lipinski definition) is 4. The van der Waals surface area contributed by atoms with Crippen molar-refractivity contribution in [2.75, 3.05) is 7.11 Å². The number of ether oxygens (including phenoxy) is 3. The fourth-order valence-corrected chi connectivity index (χ4v) is 7.08. The van der Waals surface area contributed by atoms with Crippen LogP contribution in [0.5, 0.6) is 17.2 Å². The molecular weight excluding hydrogens is 364 g/mol. The topological polar surface area (TPSA) is 47.9 Å². The fraction of sp³-hybridized carbons (Fsp3) is 0.760. The molecule has 1 aromatic carbocycles. The zero-order valence-corrected chi connectivity index (χ0v) is 19.2. The van der Waals surface area contributed by atoms with Gasteiger partial charge in [0.05, 0.1) is 13.2 Å². The van der Waals surface area contributed by atoms with Gasteiger partial charge in [-0.3, -0.25) is 0 Å². The molecule has 4 unspecified atom stereocenters. The molecule has 0 bridgehead atoms. The lowest BCUT2D eigenvalue weighted by atomic mass is 9.45. The van der Waals surface area contributed by atoms with Crippen molar-refractivity contribution >= 4 is 0 Å². The Bertz CT molecular complexity index is 783. The minimum absolute atomic E-state index is 0.124. The molecule has 0 amide bonds. The number of aliphatic hydroxyl groups is 1. The molecule has 4 nitrogen and oxygen atoms in total. The largest absolute Gasteiger partial charge is 0.496 e. The average molecular weight is 403 g/mol. The van der Waals surface area contributed by atoms with Crippen molar-refractivity contribution in [1.29, 1.82) is 0 Å². The van der Waals surface area contributed by atoms with Crippen molar-refractivity contribution < 1.29 is 19.3 Å². The summed E-state index contributed by atoms with van der Waals surface area (Å²) in [5.74, 6) is 2.67. The van der Waals surface area contributed by atoms with Crippen LogP contribution in [0.2, 0.25) is 0 Å². The van der Waals surface area contributed by atoms with Gasteiger partial charge in [0.2, 0.25) is 5.79 Å². The molecule has 3 aliphatic rings. The van der Waals surface area contributed by atoms with Crippen LogP contribution in [0.1, 0.15) is 85.3 Å². The molecule has 1 aliphatic heterocycles. The third kappa shape index (κ3) is 3.32. The maximum absolute atomic E-state index is 11.8. The van der Waals surface area contributed by atoms with E-state index in [4.69, 9.17) is 14.2 Å². The highest BCUT2D eigenvalue weighted by atomic mass is 16.7. The van der Waals surface area contributed by atoms with Crippen molar-refractivity contribution in [1.82, 2.24) is 0 Å². The third-order valence-electron chi connectivity index (χ3n) is 8.23. The highest BCUT2D eigenvalue weighted by Gasteiger charge is 2.56. The van der Waals surface area contributed by atoms with E-state index in [9.17, 15) is 5.11 Å². The van der Waals surface area contributed by atoms with Crippen LogP contribution in [0.3, 0.4) is 0 Å². The molecular formula is C25H38O4. The van der Waals surface area contributed by atoms with Crippen molar-refractivity contribution in [3.63, 3.8) is 0 Å². The summed E-state index contributed by atoms with van der Waals surface area (Å²) in [6.07, 6.45) is 5.56. The first-order valence-electron chi connectivity index (χ1n) is 11.3. The van der Waals surface area contributed by atoms with E-state index in [0.717, 1.165) is 5.56 Å². The Labute approximate surface area is 175 Å². The minimum Gasteiger partial charge on any atom is -0.496 e. The quantitative estimate of drug-likeness (QED) is 0.662. The van der Waals surface area contributed by atoms with Gasteiger partial charge in [-0.25, -0.2) is 0 Å². The van der Waals surface area contributed by atoms with E-state index in [2.05, 4.69) is 27.7 Å². The lowest BCUT2D eigenvalue weighted by Crippen LogP contribution is -2.52. The molecule has 0 spiro atoms. The van der Waals surface area contributed by atoms with Gasteiger partial charge in [0.25, 0.3) is 0 Å². The second kappa shape index (κ2) is 6.80. The normalized spacial score (nSPS) is 35.7. The summed E-state index contributed by atoms with van der Waals surface area (Å²) >= 11 is 0. The lowest BCUT2D eigenvalue weighted by Gasteiger charge is -2.60. The Hall–Kier alpha value is -1.42. The van der Waals surface area contributed by atoms with Crippen LogP contribution < -0.4 is 14.2 Å². The van der Waals surface area contributed by atoms with Crippen LogP contribution in [0.15, 0.2) is 12.1 Å². The summed E-state index contributed by atoms with van der Waals surface area (Å²) < 4.78 is 17.6. The Morgan fingerprint density at radius 2 is 1.69 bits per heavy atom. The minimum atomic E-state index is -0.695. The zero-order chi connectivity index (χ0) is 21.2. The van der Waals surface area contributed by atoms with Gasteiger partial charge in [-0.15, -0.1) is 0 Å². The Kier molecular flexibility index (Phi) is 4.88. The number of rotatable bonds is 3. The first-order valence-corrected chi connectivity index (χ1v) is 11.3.